The largest absolute Gasteiger partial charge is 0.494 e. The number of hydrogen-bond acceptors (Lipinski definition) is 2. The number of aryl methyl sites for hydroxylation is 1. The number of carboxylic acids is 1. The fraction of sp³-hybridized carbons (Fsp3) is 0.278. The van der Waals surface area contributed by atoms with Crippen molar-refractivity contribution in [2.24, 2.45) is 0 Å². The number of rotatable bonds is 6. The van der Waals surface area contributed by atoms with Crippen LogP contribution in [0.2, 0.25) is 5.02 Å². The van der Waals surface area contributed by atoms with Gasteiger partial charge in [0.25, 0.3) is 0 Å². The van der Waals surface area contributed by atoms with Crippen molar-refractivity contribution in [3.05, 3.63) is 63.9 Å². The van der Waals surface area contributed by atoms with Gasteiger partial charge in [-0.25, -0.2) is 4.39 Å². The smallest absolute Gasteiger partial charge is 0.311 e. The molecule has 3 nitrogen and oxygen atoms in total. The van der Waals surface area contributed by atoms with Gasteiger partial charge in [-0.15, -0.1) is 0 Å². The van der Waals surface area contributed by atoms with Crippen molar-refractivity contribution in [2.45, 2.75) is 26.2 Å². The predicted octanol–water partition coefficient (Wildman–Crippen LogP) is 4.60. The van der Waals surface area contributed by atoms with E-state index in [1.165, 1.54) is 12.1 Å². The van der Waals surface area contributed by atoms with Gasteiger partial charge in [-0.05, 0) is 49.6 Å². The molecule has 0 aromatic heterocycles. The van der Waals surface area contributed by atoms with Crippen LogP contribution in [0.3, 0.4) is 0 Å². The predicted molar refractivity (Wildman–Crippen MR) is 87.8 cm³/mol. The van der Waals surface area contributed by atoms with Crippen LogP contribution in [0.25, 0.3) is 0 Å². The molecule has 1 N–H and O–H groups in total. The molecule has 122 valence electrons. The van der Waals surface area contributed by atoms with Crippen molar-refractivity contribution in [2.75, 3.05) is 6.61 Å². The summed E-state index contributed by atoms with van der Waals surface area (Å²) in [7, 11) is 0. The highest BCUT2D eigenvalue weighted by molar-refractivity contribution is 6.31. The van der Waals surface area contributed by atoms with E-state index in [4.69, 9.17) is 16.3 Å². The molecule has 0 heterocycles. The third-order valence-electron chi connectivity index (χ3n) is 3.67. The summed E-state index contributed by atoms with van der Waals surface area (Å²) in [5.41, 5.74) is 1.65. The SMILES string of the molecule is CCOc1ccc(C(Cc2c(F)cccc2Cl)C(=O)O)cc1C. The van der Waals surface area contributed by atoms with Gasteiger partial charge in [-0.2, -0.15) is 0 Å². The number of halogens is 2. The molecule has 0 aliphatic heterocycles. The van der Waals surface area contributed by atoms with Gasteiger partial charge in [-0.1, -0.05) is 29.8 Å². The quantitative estimate of drug-likeness (QED) is 0.838. The molecule has 0 saturated heterocycles. The first kappa shape index (κ1) is 17.3. The highest BCUT2D eigenvalue weighted by Crippen LogP contribution is 2.30. The lowest BCUT2D eigenvalue weighted by Crippen LogP contribution is -2.16. The first-order valence-corrected chi connectivity index (χ1v) is 7.70. The van der Waals surface area contributed by atoms with Gasteiger partial charge in [0.15, 0.2) is 0 Å². The number of carbonyl (C=O) groups is 1. The molecule has 0 saturated carbocycles. The molecular weight excluding hydrogens is 319 g/mol. The van der Waals surface area contributed by atoms with Gasteiger partial charge >= 0.3 is 5.97 Å². The molecule has 0 bridgehead atoms. The zero-order valence-corrected chi connectivity index (χ0v) is 13.7. The Kier molecular flexibility index (Phi) is 5.61. The summed E-state index contributed by atoms with van der Waals surface area (Å²) in [6.45, 7) is 4.27. The van der Waals surface area contributed by atoms with Crippen LogP contribution in [-0.2, 0) is 11.2 Å². The maximum atomic E-state index is 13.9. The Morgan fingerprint density at radius 3 is 2.65 bits per heavy atom. The number of carboxylic acid groups (broad SMARTS) is 1. The lowest BCUT2D eigenvalue weighted by atomic mass is 9.90. The number of hydrogen-bond donors (Lipinski definition) is 1. The maximum Gasteiger partial charge on any atom is 0.311 e. The average molecular weight is 337 g/mol. The number of ether oxygens (including phenoxy) is 1. The molecule has 0 fully saturated rings. The van der Waals surface area contributed by atoms with Crippen LogP contribution in [0.5, 0.6) is 5.75 Å². The van der Waals surface area contributed by atoms with E-state index in [0.717, 1.165) is 5.56 Å². The molecule has 0 aliphatic carbocycles. The summed E-state index contributed by atoms with van der Waals surface area (Å²) in [6.07, 6.45) is -0.00569. The zero-order valence-electron chi connectivity index (χ0n) is 13.0. The molecule has 0 aliphatic rings. The minimum absolute atomic E-state index is 0.00569. The Hall–Kier alpha value is -2.07. The Labute approximate surface area is 139 Å². The second-order valence-electron chi connectivity index (χ2n) is 5.25. The molecule has 2 rings (SSSR count). The van der Waals surface area contributed by atoms with E-state index in [1.807, 2.05) is 13.8 Å². The van der Waals surface area contributed by atoms with Crippen molar-refractivity contribution in [3.8, 4) is 5.75 Å². The van der Waals surface area contributed by atoms with Gasteiger partial charge in [0.2, 0.25) is 0 Å². The lowest BCUT2D eigenvalue weighted by Gasteiger charge is -2.16. The van der Waals surface area contributed by atoms with E-state index in [9.17, 15) is 14.3 Å². The van der Waals surface area contributed by atoms with E-state index >= 15 is 0 Å². The molecule has 0 radical (unpaired) electrons. The van der Waals surface area contributed by atoms with Crippen molar-refractivity contribution in [3.63, 3.8) is 0 Å². The molecule has 5 heteroatoms. The van der Waals surface area contributed by atoms with Gasteiger partial charge in [0, 0.05) is 10.6 Å². The molecule has 0 amide bonds. The molecule has 1 unspecified atom stereocenters. The van der Waals surface area contributed by atoms with E-state index in [-0.39, 0.29) is 17.0 Å². The van der Waals surface area contributed by atoms with Gasteiger partial charge in [-0.3, -0.25) is 4.79 Å². The molecule has 2 aromatic carbocycles. The first-order valence-electron chi connectivity index (χ1n) is 7.33. The zero-order chi connectivity index (χ0) is 17.0. The van der Waals surface area contributed by atoms with Crippen LogP contribution in [0.4, 0.5) is 4.39 Å². The lowest BCUT2D eigenvalue weighted by molar-refractivity contribution is -0.138. The van der Waals surface area contributed by atoms with Crippen LogP contribution in [0, 0.1) is 12.7 Å². The van der Waals surface area contributed by atoms with Gasteiger partial charge < -0.3 is 9.84 Å². The molecule has 0 spiro atoms. The Balaban J connectivity index is 2.36. The second kappa shape index (κ2) is 7.47. The normalized spacial score (nSPS) is 12.0. The fourth-order valence-electron chi connectivity index (χ4n) is 2.49. The minimum Gasteiger partial charge on any atom is -0.494 e. The third kappa shape index (κ3) is 4.02. The summed E-state index contributed by atoms with van der Waals surface area (Å²) in [5.74, 6) is -1.68. The monoisotopic (exact) mass is 336 g/mol. The first-order chi connectivity index (χ1) is 10.9. The standard InChI is InChI=1S/C18H18ClFO3/c1-3-23-17-8-7-12(9-11(17)2)13(18(21)22)10-14-15(19)5-4-6-16(14)20/h4-9,13H,3,10H2,1-2H3,(H,21,22). The van der Waals surface area contributed by atoms with Crippen LogP contribution in [-0.4, -0.2) is 17.7 Å². The fourth-order valence-corrected chi connectivity index (χ4v) is 2.73. The highest BCUT2D eigenvalue weighted by atomic mass is 35.5. The van der Waals surface area contributed by atoms with E-state index in [0.29, 0.717) is 17.9 Å². The Morgan fingerprint density at radius 2 is 2.09 bits per heavy atom. The minimum atomic E-state index is -1.02. The molecular formula is C18H18ClFO3. The number of benzene rings is 2. The van der Waals surface area contributed by atoms with Crippen molar-refractivity contribution >= 4 is 17.6 Å². The van der Waals surface area contributed by atoms with Crippen LogP contribution < -0.4 is 4.74 Å². The van der Waals surface area contributed by atoms with Gasteiger partial charge in [0.05, 0.1) is 12.5 Å². The van der Waals surface area contributed by atoms with Crippen LogP contribution in [0.1, 0.15) is 29.5 Å². The summed E-state index contributed by atoms with van der Waals surface area (Å²) in [4.78, 5) is 11.7. The van der Waals surface area contributed by atoms with Crippen molar-refractivity contribution < 1.29 is 19.0 Å². The average Bonchev–Trinajstić information content (AvgIpc) is 2.49. The summed E-state index contributed by atoms with van der Waals surface area (Å²) < 4.78 is 19.4. The Bertz CT molecular complexity index is 695. The molecule has 23 heavy (non-hydrogen) atoms. The van der Waals surface area contributed by atoms with E-state index < -0.39 is 17.7 Å². The van der Waals surface area contributed by atoms with E-state index in [1.54, 1.807) is 24.3 Å². The second-order valence-corrected chi connectivity index (χ2v) is 5.66. The maximum absolute atomic E-state index is 13.9. The third-order valence-corrected chi connectivity index (χ3v) is 4.02. The van der Waals surface area contributed by atoms with E-state index in [2.05, 4.69) is 0 Å². The van der Waals surface area contributed by atoms with Gasteiger partial charge in [0.1, 0.15) is 11.6 Å². The van der Waals surface area contributed by atoms with Crippen LogP contribution in [0.15, 0.2) is 36.4 Å². The van der Waals surface area contributed by atoms with Crippen molar-refractivity contribution in [1.29, 1.82) is 0 Å². The van der Waals surface area contributed by atoms with Crippen LogP contribution >= 0.6 is 11.6 Å². The van der Waals surface area contributed by atoms with Crippen molar-refractivity contribution in [1.82, 2.24) is 0 Å². The Morgan fingerprint density at radius 1 is 1.35 bits per heavy atom. The summed E-state index contributed by atoms with van der Waals surface area (Å²) >= 11 is 6.01. The summed E-state index contributed by atoms with van der Waals surface area (Å²) in [5, 5.41) is 9.77. The highest BCUT2D eigenvalue weighted by Gasteiger charge is 2.24. The topological polar surface area (TPSA) is 46.5 Å². The molecule has 2 aromatic rings. The number of aliphatic carboxylic acids is 1. The molecule has 1 atom stereocenters. The summed E-state index contributed by atoms with van der Waals surface area (Å²) in [6, 6.07) is 9.54.